The van der Waals surface area contributed by atoms with Crippen molar-refractivity contribution < 1.29 is 9.90 Å². The summed E-state index contributed by atoms with van der Waals surface area (Å²) in [5.41, 5.74) is -0.245. The molecule has 1 amide bonds. The number of aryl methyl sites for hydroxylation is 1. The molecule has 8 nitrogen and oxygen atoms in total. The van der Waals surface area contributed by atoms with Gasteiger partial charge in [-0.1, -0.05) is 37.3 Å². The maximum absolute atomic E-state index is 13.8. The van der Waals surface area contributed by atoms with Crippen LogP contribution in [-0.4, -0.2) is 68.5 Å². The predicted octanol–water partition coefficient (Wildman–Crippen LogP) is 1.90. The van der Waals surface area contributed by atoms with E-state index >= 15 is 0 Å². The van der Waals surface area contributed by atoms with Crippen molar-refractivity contribution in [1.82, 2.24) is 25.0 Å². The van der Waals surface area contributed by atoms with E-state index in [1.807, 2.05) is 35.0 Å². The normalized spacial score (nSPS) is 27.4. The van der Waals surface area contributed by atoms with Gasteiger partial charge < -0.3 is 15.3 Å². The quantitative estimate of drug-likeness (QED) is 0.717. The van der Waals surface area contributed by atoms with Gasteiger partial charge in [0, 0.05) is 19.6 Å². The molecule has 3 aliphatic rings. The molecule has 3 fully saturated rings. The number of hydrogen-bond donors (Lipinski definition) is 2. The van der Waals surface area contributed by atoms with E-state index in [0.717, 1.165) is 63.3 Å². The number of amides is 1. The lowest BCUT2D eigenvalue weighted by molar-refractivity contribution is -0.135. The van der Waals surface area contributed by atoms with E-state index in [9.17, 15) is 9.90 Å². The van der Waals surface area contributed by atoms with Crippen molar-refractivity contribution in [2.24, 2.45) is 0 Å². The molecule has 172 valence electrons. The van der Waals surface area contributed by atoms with Crippen LogP contribution in [0.4, 0.5) is 5.95 Å². The first-order valence-electron chi connectivity index (χ1n) is 12.0. The van der Waals surface area contributed by atoms with E-state index in [-0.39, 0.29) is 5.91 Å². The van der Waals surface area contributed by atoms with Crippen LogP contribution in [0.1, 0.15) is 51.0 Å². The van der Waals surface area contributed by atoms with Crippen LogP contribution in [0.2, 0.25) is 0 Å². The Balaban J connectivity index is 1.43. The van der Waals surface area contributed by atoms with Crippen LogP contribution in [-0.2, 0) is 16.9 Å². The van der Waals surface area contributed by atoms with Crippen molar-refractivity contribution in [2.45, 2.75) is 69.2 Å². The van der Waals surface area contributed by atoms with Gasteiger partial charge in [-0.05, 0) is 57.2 Å². The molecule has 1 aromatic heterocycles. The summed E-state index contributed by atoms with van der Waals surface area (Å²) in [4.78, 5) is 22.7. The van der Waals surface area contributed by atoms with Crippen LogP contribution < -0.4 is 10.2 Å². The number of nitrogens with one attached hydrogen (secondary N) is 1. The Kier molecular flexibility index (Phi) is 5.67. The molecule has 1 aromatic carbocycles. The number of fused-ring (bicyclic) bond motifs is 1. The van der Waals surface area contributed by atoms with E-state index < -0.39 is 17.2 Å². The smallest absolute Gasteiger partial charge is 0.241 e. The van der Waals surface area contributed by atoms with E-state index in [1.54, 1.807) is 6.33 Å². The minimum absolute atomic E-state index is 0.0815. The first-order valence-corrected chi connectivity index (χ1v) is 12.0. The summed E-state index contributed by atoms with van der Waals surface area (Å²) < 4.78 is 1.90. The summed E-state index contributed by atoms with van der Waals surface area (Å²) >= 11 is 0. The molecule has 2 N–H and O–H groups in total. The molecule has 2 aromatic rings. The van der Waals surface area contributed by atoms with Gasteiger partial charge in [0.25, 0.3) is 0 Å². The summed E-state index contributed by atoms with van der Waals surface area (Å²) in [5, 5.41) is 19.3. The second-order valence-corrected chi connectivity index (χ2v) is 9.51. The fourth-order valence-electron chi connectivity index (χ4n) is 6.07. The molecule has 0 saturated carbocycles. The molecule has 0 spiro atoms. The van der Waals surface area contributed by atoms with Crippen molar-refractivity contribution in [1.29, 1.82) is 0 Å². The van der Waals surface area contributed by atoms with Gasteiger partial charge in [0.05, 0.1) is 11.6 Å². The van der Waals surface area contributed by atoms with Gasteiger partial charge in [-0.15, -0.1) is 0 Å². The molecule has 4 heterocycles. The number of aliphatic hydroxyl groups is 1. The molecule has 0 radical (unpaired) electrons. The van der Waals surface area contributed by atoms with Gasteiger partial charge in [0.15, 0.2) is 0 Å². The number of aliphatic hydroxyl groups excluding tert-OH is 1. The first kappa shape index (κ1) is 21.4. The van der Waals surface area contributed by atoms with Crippen molar-refractivity contribution in [3.05, 3.63) is 42.2 Å². The summed E-state index contributed by atoms with van der Waals surface area (Å²) in [6.45, 7) is 5.98. The molecular weight excluding hydrogens is 404 g/mol. The zero-order valence-corrected chi connectivity index (χ0v) is 18.9. The standard InChI is InChI=1S/C24H34N6O2/c1-2-13-30-22(25-18-26-30)28-16-12-24(20(31)17-28,19-8-4-3-5-9-19)27-21(32)23-10-6-14-29(23)15-7-11-23/h3-5,8-9,18,20,31H,2,6-7,10-17H2,1H3,(H,27,32)/t20-,24-/m1/s1. The summed E-state index contributed by atoms with van der Waals surface area (Å²) in [6, 6.07) is 9.99. The largest absolute Gasteiger partial charge is 0.388 e. The molecule has 3 saturated heterocycles. The number of carbonyl (C=O) groups excluding carboxylic acids is 1. The van der Waals surface area contributed by atoms with Gasteiger partial charge in [-0.25, -0.2) is 4.68 Å². The number of nitrogens with zero attached hydrogens (tertiary/aromatic N) is 5. The van der Waals surface area contributed by atoms with E-state index in [0.29, 0.717) is 19.5 Å². The van der Waals surface area contributed by atoms with Gasteiger partial charge >= 0.3 is 0 Å². The summed E-state index contributed by atoms with van der Waals surface area (Å²) in [7, 11) is 0. The predicted molar refractivity (Wildman–Crippen MR) is 122 cm³/mol. The van der Waals surface area contributed by atoms with E-state index in [2.05, 4.69) is 32.1 Å². The summed E-state index contributed by atoms with van der Waals surface area (Å²) in [6.07, 6.45) is 6.34. The zero-order valence-electron chi connectivity index (χ0n) is 18.9. The topological polar surface area (TPSA) is 86.5 Å². The molecule has 2 atom stereocenters. The van der Waals surface area contributed by atoms with Crippen LogP contribution in [0.25, 0.3) is 0 Å². The fraction of sp³-hybridized carbons (Fsp3) is 0.625. The van der Waals surface area contributed by atoms with E-state index in [1.165, 1.54) is 0 Å². The SMILES string of the molecule is CCCn1ncnc1N1CC[C@@](NC(=O)C23CCCN2CCC3)(c2ccccc2)[C@H](O)C1. The van der Waals surface area contributed by atoms with Gasteiger partial charge in [-0.3, -0.25) is 9.69 Å². The lowest BCUT2D eigenvalue weighted by Gasteiger charge is -2.48. The third-order valence-corrected chi connectivity index (χ3v) is 7.74. The number of β-amino-alcohol motifs (C(OH)–C–C–N with tert-alkyl or cyclic N) is 1. The Morgan fingerprint density at radius 1 is 1.16 bits per heavy atom. The van der Waals surface area contributed by atoms with Crippen LogP contribution in [0.3, 0.4) is 0 Å². The highest BCUT2D eigenvalue weighted by Gasteiger charge is 2.54. The Bertz CT molecular complexity index is 937. The molecule has 0 bridgehead atoms. The minimum Gasteiger partial charge on any atom is -0.388 e. The van der Waals surface area contributed by atoms with Crippen LogP contribution >= 0.6 is 0 Å². The highest BCUT2D eigenvalue weighted by molar-refractivity contribution is 5.88. The van der Waals surface area contributed by atoms with Gasteiger partial charge in [0.2, 0.25) is 11.9 Å². The van der Waals surface area contributed by atoms with Gasteiger partial charge in [0.1, 0.15) is 11.9 Å². The average Bonchev–Trinajstić information content (AvgIpc) is 3.52. The maximum Gasteiger partial charge on any atom is 0.241 e. The molecule has 0 aliphatic carbocycles. The average molecular weight is 439 g/mol. The molecule has 32 heavy (non-hydrogen) atoms. The highest BCUT2D eigenvalue weighted by atomic mass is 16.3. The third kappa shape index (κ3) is 3.40. The number of rotatable bonds is 6. The van der Waals surface area contributed by atoms with Crippen LogP contribution in [0.15, 0.2) is 36.7 Å². The Morgan fingerprint density at radius 3 is 2.59 bits per heavy atom. The second kappa shape index (κ2) is 8.48. The molecule has 8 heteroatoms. The van der Waals surface area contributed by atoms with Crippen molar-refractivity contribution in [2.75, 3.05) is 31.1 Å². The Labute approximate surface area is 189 Å². The summed E-state index contributed by atoms with van der Waals surface area (Å²) in [5.74, 6) is 0.869. The molecule has 5 rings (SSSR count). The monoisotopic (exact) mass is 438 g/mol. The van der Waals surface area contributed by atoms with Crippen LogP contribution in [0.5, 0.6) is 0 Å². The molecule has 0 unspecified atom stereocenters. The maximum atomic E-state index is 13.8. The minimum atomic E-state index is -0.809. The first-order chi connectivity index (χ1) is 15.6. The lowest BCUT2D eigenvalue weighted by atomic mass is 9.77. The Morgan fingerprint density at radius 2 is 1.91 bits per heavy atom. The third-order valence-electron chi connectivity index (χ3n) is 7.74. The molecule has 3 aliphatic heterocycles. The number of aromatic nitrogens is 3. The Hall–Kier alpha value is -2.45. The van der Waals surface area contributed by atoms with Crippen molar-refractivity contribution in [3.63, 3.8) is 0 Å². The lowest BCUT2D eigenvalue weighted by Crippen LogP contribution is -2.66. The number of anilines is 1. The zero-order chi connectivity index (χ0) is 22.2. The van der Waals surface area contributed by atoms with E-state index in [4.69, 9.17) is 0 Å². The number of benzene rings is 1. The number of piperidine rings is 1. The fourth-order valence-corrected chi connectivity index (χ4v) is 6.07. The number of carbonyl (C=O) groups is 1. The van der Waals surface area contributed by atoms with Crippen molar-refractivity contribution in [3.8, 4) is 0 Å². The van der Waals surface area contributed by atoms with Gasteiger partial charge in [-0.2, -0.15) is 10.1 Å². The van der Waals surface area contributed by atoms with Crippen molar-refractivity contribution >= 4 is 11.9 Å². The highest BCUT2D eigenvalue weighted by Crippen LogP contribution is 2.41. The second-order valence-electron chi connectivity index (χ2n) is 9.51. The van der Waals surface area contributed by atoms with Crippen LogP contribution in [0, 0.1) is 0 Å². The molecular formula is C24H34N6O2. The number of hydrogen-bond acceptors (Lipinski definition) is 6.